The fourth-order valence-electron chi connectivity index (χ4n) is 1.77. The van der Waals surface area contributed by atoms with E-state index in [4.69, 9.17) is 10.00 Å². The van der Waals surface area contributed by atoms with Crippen molar-refractivity contribution >= 4 is 5.97 Å². The van der Waals surface area contributed by atoms with Gasteiger partial charge in [0.15, 0.2) is 0 Å². The molecule has 1 atom stereocenters. The molecule has 0 aliphatic rings. The van der Waals surface area contributed by atoms with Crippen LogP contribution in [0.3, 0.4) is 0 Å². The van der Waals surface area contributed by atoms with Crippen LogP contribution in [0.1, 0.15) is 58.3 Å². The van der Waals surface area contributed by atoms with Crippen LogP contribution in [0, 0.1) is 17.2 Å². The second kappa shape index (κ2) is 10.5. The van der Waals surface area contributed by atoms with E-state index in [1.54, 1.807) is 0 Å². The molecule has 0 aliphatic heterocycles. The Bertz CT molecular complexity index is 220. The third-order valence-electron chi connectivity index (χ3n) is 2.78. The first kappa shape index (κ1) is 15.0. The molecule has 0 amide bonds. The number of carbonyl (C=O) groups is 1. The smallest absolute Gasteiger partial charge is 0.308 e. The molecule has 0 heterocycles. The van der Waals surface area contributed by atoms with Crippen molar-refractivity contribution in [3.05, 3.63) is 0 Å². The van der Waals surface area contributed by atoms with E-state index < -0.39 is 0 Å². The van der Waals surface area contributed by atoms with Gasteiger partial charge in [0.05, 0.1) is 19.1 Å². The minimum atomic E-state index is -0.0752. The molecule has 0 fully saturated rings. The number of methoxy groups -OCH3 is 1. The van der Waals surface area contributed by atoms with Gasteiger partial charge in [-0.25, -0.2) is 0 Å². The second-order valence-corrected chi connectivity index (χ2v) is 4.12. The minimum Gasteiger partial charge on any atom is -0.469 e. The summed E-state index contributed by atoms with van der Waals surface area (Å²) in [5.74, 6) is -0.0132. The number of ether oxygens (including phenoxy) is 1. The SMILES string of the molecule is CCCCC(CCCCCC#N)C(=O)OC. The zero-order valence-corrected chi connectivity index (χ0v) is 10.5. The van der Waals surface area contributed by atoms with Gasteiger partial charge in [-0.2, -0.15) is 5.26 Å². The molecule has 0 aromatic rings. The number of unbranched alkanes of at least 4 members (excludes halogenated alkanes) is 4. The molecule has 92 valence electrons. The Kier molecular flexibility index (Phi) is 9.80. The lowest BCUT2D eigenvalue weighted by atomic mass is 9.95. The first-order valence-corrected chi connectivity index (χ1v) is 6.21. The molecule has 0 aromatic heterocycles. The molecule has 3 nitrogen and oxygen atoms in total. The average molecular weight is 225 g/mol. The Balaban J connectivity index is 3.74. The van der Waals surface area contributed by atoms with Crippen LogP contribution in [-0.2, 0) is 9.53 Å². The Morgan fingerprint density at radius 2 is 1.94 bits per heavy atom. The lowest BCUT2D eigenvalue weighted by Gasteiger charge is -2.13. The molecule has 0 N–H and O–H groups in total. The molecule has 0 saturated carbocycles. The van der Waals surface area contributed by atoms with E-state index in [-0.39, 0.29) is 11.9 Å². The maximum atomic E-state index is 11.5. The highest BCUT2D eigenvalue weighted by molar-refractivity contribution is 5.72. The van der Waals surface area contributed by atoms with Gasteiger partial charge in [0.1, 0.15) is 0 Å². The van der Waals surface area contributed by atoms with Crippen LogP contribution < -0.4 is 0 Å². The van der Waals surface area contributed by atoms with Crippen LogP contribution in [-0.4, -0.2) is 13.1 Å². The van der Waals surface area contributed by atoms with E-state index in [2.05, 4.69) is 13.0 Å². The average Bonchev–Trinajstić information content (AvgIpc) is 2.31. The Hall–Kier alpha value is -1.04. The van der Waals surface area contributed by atoms with Crippen molar-refractivity contribution in [2.24, 2.45) is 5.92 Å². The van der Waals surface area contributed by atoms with Gasteiger partial charge in [0.2, 0.25) is 0 Å². The van der Waals surface area contributed by atoms with Gasteiger partial charge in [0.25, 0.3) is 0 Å². The van der Waals surface area contributed by atoms with E-state index >= 15 is 0 Å². The Morgan fingerprint density at radius 3 is 2.50 bits per heavy atom. The predicted molar refractivity (Wildman–Crippen MR) is 63.7 cm³/mol. The van der Waals surface area contributed by atoms with E-state index in [9.17, 15) is 4.79 Å². The highest BCUT2D eigenvalue weighted by Gasteiger charge is 2.17. The van der Waals surface area contributed by atoms with Gasteiger partial charge in [-0.1, -0.05) is 32.6 Å². The largest absolute Gasteiger partial charge is 0.469 e. The molecule has 0 spiro atoms. The highest BCUT2D eigenvalue weighted by Crippen LogP contribution is 2.18. The van der Waals surface area contributed by atoms with Gasteiger partial charge >= 0.3 is 5.97 Å². The number of nitrogens with zero attached hydrogens (tertiary/aromatic N) is 1. The second-order valence-electron chi connectivity index (χ2n) is 4.12. The minimum absolute atomic E-state index is 0.0621. The lowest BCUT2D eigenvalue weighted by Crippen LogP contribution is -2.16. The number of rotatable bonds is 9. The van der Waals surface area contributed by atoms with Crippen molar-refractivity contribution in [1.29, 1.82) is 5.26 Å². The van der Waals surface area contributed by atoms with Crippen molar-refractivity contribution in [3.63, 3.8) is 0 Å². The van der Waals surface area contributed by atoms with E-state index in [1.165, 1.54) is 7.11 Å². The van der Waals surface area contributed by atoms with Crippen molar-refractivity contribution < 1.29 is 9.53 Å². The van der Waals surface area contributed by atoms with Gasteiger partial charge in [-0.15, -0.1) is 0 Å². The van der Waals surface area contributed by atoms with Gasteiger partial charge in [0, 0.05) is 6.42 Å². The van der Waals surface area contributed by atoms with Gasteiger partial charge in [-0.3, -0.25) is 4.79 Å². The molecule has 0 saturated heterocycles. The highest BCUT2D eigenvalue weighted by atomic mass is 16.5. The summed E-state index contributed by atoms with van der Waals surface area (Å²) < 4.78 is 4.80. The molecule has 16 heavy (non-hydrogen) atoms. The number of esters is 1. The molecular formula is C13H23NO2. The zero-order chi connectivity index (χ0) is 12.2. The summed E-state index contributed by atoms with van der Waals surface area (Å²) in [5.41, 5.74) is 0. The van der Waals surface area contributed by atoms with Crippen LogP contribution in [0.2, 0.25) is 0 Å². The summed E-state index contributed by atoms with van der Waals surface area (Å²) in [6, 6.07) is 2.13. The van der Waals surface area contributed by atoms with Crippen LogP contribution in [0.4, 0.5) is 0 Å². The number of carbonyl (C=O) groups excluding carboxylic acids is 1. The summed E-state index contributed by atoms with van der Waals surface area (Å²) in [5, 5.41) is 8.39. The number of hydrogen-bond acceptors (Lipinski definition) is 3. The summed E-state index contributed by atoms with van der Waals surface area (Å²) in [6.45, 7) is 2.13. The van der Waals surface area contributed by atoms with Gasteiger partial charge in [-0.05, 0) is 19.3 Å². The Morgan fingerprint density at radius 1 is 1.25 bits per heavy atom. The fourth-order valence-corrected chi connectivity index (χ4v) is 1.77. The molecule has 0 aromatic carbocycles. The first-order chi connectivity index (χ1) is 7.76. The van der Waals surface area contributed by atoms with Crippen LogP contribution in [0.5, 0.6) is 0 Å². The predicted octanol–water partition coefficient (Wildman–Crippen LogP) is 3.44. The maximum absolute atomic E-state index is 11.5. The number of nitriles is 1. The molecule has 0 bridgehead atoms. The number of hydrogen-bond donors (Lipinski definition) is 0. The van der Waals surface area contributed by atoms with Crippen LogP contribution >= 0.6 is 0 Å². The first-order valence-electron chi connectivity index (χ1n) is 6.21. The molecule has 3 heteroatoms. The van der Waals surface area contributed by atoms with E-state index in [0.717, 1.165) is 44.9 Å². The summed E-state index contributed by atoms with van der Waals surface area (Å²) >= 11 is 0. The maximum Gasteiger partial charge on any atom is 0.308 e. The Labute approximate surface area is 98.8 Å². The monoisotopic (exact) mass is 225 g/mol. The van der Waals surface area contributed by atoms with Crippen molar-refractivity contribution in [2.75, 3.05) is 7.11 Å². The van der Waals surface area contributed by atoms with Crippen LogP contribution in [0.15, 0.2) is 0 Å². The molecule has 0 aliphatic carbocycles. The van der Waals surface area contributed by atoms with Crippen molar-refractivity contribution in [2.45, 2.75) is 58.3 Å². The van der Waals surface area contributed by atoms with Crippen LogP contribution in [0.25, 0.3) is 0 Å². The summed E-state index contributed by atoms with van der Waals surface area (Å²) in [7, 11) is 1.46. The van der Waals surface area contributed by atoms with Crippen molar-refractivity contribution in [1.82, 2.24) is 0 Å². The standard InChI is InChI=1S/C13H23NO2/c1-3-4-9-12(13(15)16-2)10-7-5-6-8-11-14/h12H,3-10H2,1-2H3. The molecule has 0 radical (unpaired) electrons. The normalized spacial score (nSPS) is 11.8. The van der Waals surface area contributed by atoms with E-state index in [0.29, 0.717) is 6.42 Å². The molecular weight excluding hydrogens is 202 g/mol. The van der Waals surface area contributed by atoms with Gasteiger partial charge < -0.3 is 4.74 Å². The molecule has 0 rings (SSSR count). The zero-order valence-electron chi connectivity index (χ0n) is 10.5. The van der Waals surface area contributed by atoms with E-state index in [1.807, 2.05) is 0 Å². The van der Waals surface area contributed by atoms with Crippen molar-refractivity contribution in [3.8, 4) is 6.07 Å². The third-order valence-corrected chi connectivity index (χ3v) is 2.78. The quantitative estimate of drug-likeness (QED) is 0.446. The lowest BCUT2D eigenvalue weighted by molar-refractivity contribution is -0.146. The third kappa shape index (κ3) is 7.28. The summed E-state index contributed by atoms with van der Waals surface area (Å²) in [4.78, 5) is 11.5. The fraction of sp³-hybridized carbons (Fsp3) is 0.846. The summed E-state index contributed by atoms with van der Waals surface area (Å²) in [6.07, 6.45) is 7.65. The molecule has 1 unspecified atom stereocenters. The topological polar surface area (TPSA) is 50.1 Å².